The summed E-state index contributed by atoms with van der Waals surface area (Å²) in [5, 5.41) is 0. The highest BCUT2D eigenvalue weighted by Crippen LogP contribution is 2.34. The van der Waals surface area contributed by atoms with Gasteiger partial charge in [0, 0.05) is 19.0 Å². The first kappa shape index (κ1) is 19.2. The van der Waals surface area contributed by atoms with Gasteiger partial charge in [-0.1, -0.05) is 54.6 Å². The van der Waals surface area contributed by atoms with Crippen molar-refractivity contribution < 1.29 is 14.3 Å². The summed E-state index contributed by atoms with van der Waals surface area (Å²) in [6, 6.07) is 18.6. The molecule has 0 N–H and O–H groups in total. The van der Waals surface area contributed by atoms with E-state index in [4.69, 9.17) is 4.74 Å². The fourth-order valence-electron chi connectivity index (χ4n) is 3.61. The van der Waals surface area contributed by atoms with E-state index < -0.39 is 5.60 Å². The van der Waals surface area contributed by atoms with Gasteiger partial charge < -0.3 is 14.4 Å². The van der Waals surface area contributed by atoms with Crippen molar-refractivity contribution >= 4 is 12.4 Å². The number of carbonyl (C=O) groups excluding carboxylic acids is 2. The number of hydrogen-bond acceptors (Lipinski definition) is 3. The van der Waals surface area contributed by atoms with Crippen LogP contribution in [0.4, 0.5) is 4.79 Å². The predicted octanol–water partition coefficient (Wildman–Crippen LogP) is 4.89. The molecule has 1 amide bonds. The third-order valence-electron chi connectivity index (χ3n) is 4.91. The summed E-state index contributed by atoms with van der Waals surface area (Å²) >= 11 is 0. The van der Waals surface area contributed by atoms with Crippen LogP contribution in [-0.2, 0) is 9.53 Å². The average molecular weight is 365 g/mol. The molecule has 1 aliphatic heterocycles. The lowest BCUT2D eigenvalue weighted by molar-refractivity contribution is -0.113. The fraction of sp³-hybridized carbons (Fsp3) is 0.391. The maximum Gasteiger partial charge on any atom is 0.410 e. The number of aldehydes is 1. The van der Waals surface area contributed by atoms with Crippen LogP contribution in [0.5, 0.6) is 0 Å². The SMILES string of the molecule is CC(C)(C)OC(=O)N1CC[C@H](c2cccc(-c3ccccc3)c2)C(C=O)C1. The van der Waals surface area contributed by atoms with Crippen LogP contribution in [-0.4, -0.2) is 36.0 Å². The Balaban J connectivity index is 1.77. The Morgan fingerprint density at radius 2 is 1.78 bits per heavy atom. The third-order valence-corrected chi connectivity index (χ3v) is 4.91. The minimum absolute atomic E-state index is 0.116. The first-order chi connectivity index (χ1) is 12.9. The Kier molecular flexibility index (Phi) is 5.64. The van der Waals surface area contributed by atoms with E-state index in [9.17, 15) is 9.59 Å². The molecule has 1 unspecified atom stereocenters. The van der Waals surface area contributed by atoms with Crippen LogP contribution in [0, 0.1) is 5.92 Å². The standard InChI is InChI=1S/C23H27NO3/c1-23(2,3)27-22(26)24-13-12-21(20(15-24)16-25)19-11-7-10-18(14-19)17-8-5-4-6-9-17/h4-11,14,16,20-21H,12-13,15H2,1-3H3/t20?,21-/m1/s1. The molecule has 0 bridgehead atoms. The van der Waals surface area contributed by atoms with Crippen LogP contribution in [0.15, 0.2) is 54.6 Å². The predicted molar refractivity (Wildman–Crippen MR) is 107 cm³/mol. The van der Waals surface area contributed by atoms with Gasteiger partial charge in [0.05, 0.1) is 0 Å². The van der Waals surface area contributed by atoms with Crippen molar-refractivity contribution in [1.29, 1.82) is 0 Å². The number of ether oxygens (including phenoxy) is 1. The molecule has 27 heavy (non-hydrogen) atoms. The highest BCUT2D eigenvalue weighted by Gasteiger charge is 2.34. The first-order valence-electron chi connectivity index (χ1n) is 9.46. The van der Waals surface area contributed by atoms with E-state index in [1.54, 1.807) is 4.90 Å². The highest BCUT2D eigenvalue weighted by atomic mass is 16.6. The zero-order valence-corrected chi connectivity index (χ0v) is 16.2. The number of rotatable bonds is 3. The van der Waals surface area contributed by atoms with Gasteiger partial charge in [-0.05, 0) is 49.8 Å². The van der Waals surface area contributed by atoms with Gasteiger partial charge >= 0.3 is 6.09 Å². The molecule has 2 aromatic carbocycles. The number of nitrogens with zero attached hydrogens (tertiary/aromatic N) is 1. The van der Waals surface area contributed by atoms with Crippen LogP contribution in [0.1, 0.15) is 38.7 Å². The van der Waals surface area contributed by atoms with Gasteiger partial charge in [-0.3, -0.25) is 0 Å². The molecule has 142 valence electrons. The molecule has 0 spiro atoms. The number of amides is 1. The lowest BCUT2D eigenvalue weighted by Crippen LogP contribution is -2.45. The lowest BCUT2D eigenvalue weighted by Gasteiger charge is -2.37. The Bertz CT molecular complexity index is 795. The van der Waals surface area contributed by atoms with Gasteiger partial charge in [-0.25, -0.2) is 4.79 Å². The largest absolute Gasteiger partial charge is 0.444 e. The minimum Gasteiger partial charge on any atom is -0.444 e. The summed E-state index contributed by atoms with van der Waals surface area (Å²) in [6.45, 7) is 6.55. The van der Waals surface area contributed by atoms with Crippen molar-refractivity contribution in [3.05, 3.63) is 60.2 Å². The molecule has 1 heterocycles. The number of carbonyl (C=O) groups is 2. The second-order valence-corrected chi connectivity index (χ2v) is 8.11. The zero-order valence-electron chi connectivity index (χ0n) is 16.2. The molecule has 0 aliphatic carbocycles. The molecule has 2 aromatic rings. The van der Waals surface area contributed by atoms with Crippen LogP contribution < -0.4 is 0 Å². The second-order valence-electron chi connectivity index (χ2n) is 8.11. The van der Waals surface area contributed by atoms with E-state index in [-0.39, 0.29) is 17.9 Å². The summed E-state index contributed by atoms with van der Waals surface area (Å²) in [5.74, 6) is -0.109. The third kappa shape index (κ3) is 4.76. The molecule has 0 aromatic heterocycles. The zero-order chi connectivity index (χ0) is 19.4. The molecule has 0 saturated carbocycles. The van der Waals surface area contributed by atoms with Crippen LogP contribution in [0.3, 0.4) is 0 Å². The Morgan fingerprint density at radius 1 is 1.07 bits per heavy atom. The smallest absolute Gasteiger partial charge is 0.410 e. The number of benzene rings is 2. The van der Waals surface area contributed by atoms with Crippen LogP contribution in [0.25, 0.3) is 11.1 Å². The van der Waals surface area contributed by atoms with Gasteiger partial charge in [-0.2, -0.15) is 0 Å². The summed E-state index contributed by atoms with van der Waals surface area (Å²) < 4.78 is 5.46. The van der Waals surface area contributed by atoms with E-state index in [0.717, 1.165) is 29.4 Å². The Morgan fingerprint density at radius 3 is 2.44 bits per heavy atom. The summed E-state index contributed by atoms with van der Waals surface area (Å²) in [5.41, 5.74) is 2.92. The Labute approximate surface area is 161 Å². The quantitative estimate of drug-likeness (QED) is 0.727. The summed E-state index contributed by atoms with van der Waals surface area (Å²) in [6.07, 6.45) is 1.39. The van der Waals surface area contributed by atoms with Crippen molar-refractivity contribution in [1.82, 2.24) is 4.90 Å². The normalized spacial score (nSPS) is 20.2. The fourth-order valence-corrected chi connectivity index (χ4v) is 3.61. The Hall–Kier alpha value is -2.62. The second kappa shape index (κ2) is 7.95. The monoisotopic (exact) mass is 365 g/mol. The van der Waals surface area contributed by atoms with Crippen molar-refractivity contribution in [2.24, 2.45) is 5.92 Å². The van der Waals surface area contributed by atoms with Crippen LogP contribution >= 0.6 is 0 Å². The van der Waals surface area contributed by atoms with Crippen LogP contribution in [0.2, 0.25) is 0 Å². The van der Waals surface area contributed by atoms with Gasteiger partial charge in [0.25, 0.3) is 0 Å². The molecule has 3 rings (SSSR count). The lowest BCUT2D eigenvalue weighted by atomic mass is 9.80. The van der Waals surface area contributed by atoms with Gasteiger partial charge in [-0.15, -0.1) is 0 Å². The highest BCUT2D eigenvalue weighted by molar-refractivity contribution is 5.70. The first-order valence-corrected chi connectivity index (χ1v) is 9.46. The van der Waals surface area contributed by atoms with E-state index in [1.165, 1.54) is 0 Å². The number of likely N-dealkylation sites (tertiary alicyclic amines) is 1. The van der Waals surface area contributed by atoms with Gasteiger partial charge in [0.1, 0.15) is 11.9 Å². The summed E-state index contributed by atoms with van der Waals surface area (Å²) in [4.78, 5) is 25.8. The topological polar surface area (TPSA) is 46.6 Å². The molecule has 4 nitrogen and oxygen atoms in total. The molecular formula is C23H27NO3. The molecule has 4 heteroatoms. The molecule has 1 aliphatic rings. The van der Waals surface area contributed by atoms with Crippen molar-refractivity contribution in [2.75, 3.05) is 13.1 Å². The minimum atomic E-state index is -0.533. The van der Waals surface area contributed by atoms with E-state index in [1.807, 2.05) is 45.0 Å². The van der Waals surface area contributed by atoms with E-state index >= 15 is 0 Å². The molecule has 0 radical (unpaired) electrons. The molecular weight excluding hydrogens is 338 g/mol. The maximum absolute atomic E-state index is 12.3. The maximum atomic E-state index is 12.3. The van der Waals surface area contributed by atoms with Gasteiger partial charge in [0.2, 0.25) is 0 Å². The molecule has 2 atom stereocenters. The molecule has 1 saturated heterocycles. The van der Waals surface area contributed by atoms with E-state index in [2.05, 4.69) is 30.3 Å². The molecule has 1 fully saturated rings. The number of hydrogen-bond donors (Lipinski definition) is 0. The van der Waals surface area contributed by atoms with Crippen molar-refractivity contribution in [3.63, 3.8) is 0 Å². The average Bonchev–Trinajstić information content (AvgIpc) is 2.67. The van der Waals surface area contributed by atoms with Crippen molar-refractivity contribution in [2.45, 2.75) is 38.7 Å². The van der Waals surface area contributed by atoms with E-state index in [0.29, 0.717) is 13.1 Å². The van der Waals surface area contributed by atoms with Gasteiger partial charge in [0.15, 0.2) is 0 Å². The number of piperidine rings is 1. The van der Waals surface area contributed by atoms with Crippen molar-refractivity contribution in [3.8, 4) is 11.1 Å². The summed E-state index contributed by atoms with van der Waals surface area (Å²) in [7, 11) is 0.